The van der Waals surface area contributed by atoms with Crippen molar-refractivity contribution < 1.29 is 9.53 Å². The summed E-state index contributed by atoms with van der Waals surface area (Å²) in [6.07, 6.45) is 3.06. The number of benzene rings is 1. The second kappa shape index (κ2) is 6.96. The van der Waals surface area contributed by atoms with Gasteiger partial charge in [0, 0.05) is 18.3 Å². The van der Waals surface area contributed by atoms with Crippen LogP contribution >= 0.6 is 0 Å². The van der Waals surface area contributed by atoms with Crippen LogP contribution in [0.1, 0.15) is 41.4 Å². The van der Waals surface area contributed by atoms with E-state index in [1.54, 1.807) is 0 Å². The standard InChI is InChI=1S/C18H23N3O2/c1-13-18-15(9-6-10-16(18)21(2)20-13)19-17(22)12-23-11-14-7-4-3-5-8-14/h3-5,7-8,15H,6,9-12H2,1-2H3,(H,19,22). The number of hydrogen-bond acceptors (Lipinski definition) is 3. The molecule has 1 aromatic carbocycles. The first-order valence-electron chi connectivity index (χ1n) is 8.08. The zero-order valence-electron chi connectivity index (χ0n) is 13.7. The van der Waals surface area contributed by atoms with Gasteiger partial charge in [0.15, 0.2) is 0 Å². The topological polar surface area (TPSA) is 56.2 Å². The van der Waals surface area contributed by atoms with E-state index in [9.17, 15) is 4.79 Å². The van der Waals surface area contributed by atoms with Crippen LogP contribution in [-0.2, 0) is 29.6 Å². The average molecular weight is 313 g/mol. The Bertz CT molecular complexity index is 679. The maximum atomic E-state index is 12.2. The van der Waals surface area contributed by atoms with Crippen molar-refractivity contribution >= 4 is 5.91 Å². The van der Waals surface area contributed by atoms with Gasteiger partial charge in [-0.15, -0.1) is 0 Å². The Morgan fingerprint density at radius 3 is 2.96 bits per heavy atom. The molecule has 0 radical (unpaired) electrons. The smallest absolute Gasteiger partial charge is 0.246 e. The third-order valence-corrected chi connectivity index (χ3v) is 4.33. The lowest BCUT2D eigenvalue weighted by molar-refractivity contribution is -0.127. The molecule has 0 saturated heterocycles. The molecular weight excluding hydrogens is 290 g/mol. The molecule has 1 N–H and O–H groups in total. The molecule has 1 amide bonds. The molecule has 2 aromatic rings. The van der Waals surface area contributed by atoms with E-state index < -0.39 is 0 Å². The lowest BCUT2D eigenvalue weighted by Crippen LogP contribution is -2.33. The summed E-state index contributed by atoms with van der Waals surface area (Å²) in [5.74, 6) is -0.0676. The van der Waals surface area contributed by atoms with Crippen LogP contribution in [0.5, 0.6) is 0 Å². The first-order valence-corrected chi connectivity index (χ1v) is 8.08. The van der Waals surface area contributed by atoms with Crippen LogP contribution in [0, 0.1) is 6.92 Å². The summed E-state index contributed by atoms with van der Waals surface area (Å²) in [7, 11) is 1.97. The van der Waals surface area contributed by atoms with Gasteiger partial charge in [-0.25, -0.2) is 0 Å². The van der Waals surface area contributed by atoms with Gasteiger partial charge in [-0.05, 0) is 31.7 Å². The van der Waals surface area contributed by atoms with Crippen molar-refractivity contribution in [1.82, 2.24) is 15.1 Å². The molecule has 5 nitrogen and oxygen atoms in total. The van der Waals surface area contributed by atoms with Gasteiger partial charge in [0.2, 0.25) is 5.91 Å². The first kappa shape index (κ1) is 15.7. The van der Waals surface area contributed by atoms with Gasteiger partial charge in [-0.2, -0.15) is 5.10 Å². The molecule has 23 heavy (non-hydrogen) atoms. The number of carbonyl (C=O) groups is 1. The molecule has 0 saturated carbocycles. The highest BCUT2D eigenvalue weighted by molar-refractivity contribution is 5.77. The summed E-state index contributed by atoms with van der Waals surface area (Å²) in [6, 6.07) is 9.93. The maximum absolute atomic E-state index is 12.2. The summed E-state index contributed by atoms with van der Waals surface area (Å²) >= 11 is 0. The molecule has 0 spiro atoms. The van der Waals surface area contributed by atoms with Crippen molar-refractivity contribution in [2.24, 2.45) is 7.05 Å². The lowest BCUT2D eigenvalue weighted by atomic mass is 9.91. The third-order valence-electron chi connectivity index (χ3n) is 4.33. The number of aryl methyl sites for hydroxylation is 2. The van der Waals surface area contributed by atoms with Crippen molar-refractivity contribution in [3.63, 3.8) is 0 Å². The summed E-state index contributed by atoms with van der Waals surface area (Å²) in [5, 5.41) is 7.58. The first-order chi connectivity index (χ1) is 11.1. The highest BCUT2D eigenvalue weighted by atomic mass is 16.5. The van der Waals surface area contributed by atoms with Crippen molar-refractivity contribution in [1.29, 1.82) is 0 Å². The van der Waals surface area contributed by atoms with Gasteiger partial charge in [-0.1, -0.05) is 30.3 Å². The fourth-order valence-electron chi connectivity index (χ4n) is 3.31. The van der Waals surface area contributed by atoms with E-state index in [0.717, 1.165) is 30.5 Å². The van der Waals surface area contributed by atoms with Gasteiger partial charge in [0.25, 0.3) is 0 Å². The van der Waals surface area contributed by atoms with Crippen molar-refractivity contribution in [3.8, 4) is 0 Å². The average Bonchev–Trinajstić information content (AvgIpc) is 2.84. The van der Waals surface area contributed by atoms with E-state index >= 15 is 0 Å². The van der Waals surface area contributed by atoms with Crippen LogP contribution in [0.15, 0.2) is 30.3 Å². The number of aromatic nitrogens is 2. The molecule has 1 aromatic heterocycles. The van der Waals surface area contributed by atoms with Crippen LogP contribution in [0.4, 0.5) is 0 Å². The Kier molecular flexibility index (Phi) is 4.76. The van der Waals surface area contributed by atoms with E-state index in [1.807, 2.05) is 49.0 Å². The highest BCUT2D eigenvalue weighted by Gasteiger charge is 2.27. The predicted molar refractivity (Wildman–Crippen MR) is 87.9 cm³/mol. The number of fused-ring (bicyclic) bond motifs is 1. The molecule has 0 fully saturated rings. The molecule has 5 heteroatoms. The molecule has 1 atom stereocenters. The van der Waals surface area contributed by atoms with Crippen molar-refractivity contribution in [2.75, 3.05) is 6.61 Å². The molecule has 1 heterocycles. The largest absolute Gasteiger partial charge is 0.367 e. The number of amides is 1. The van der Waals surface area contributed by atoms with E-state index in [4.69, 9.17) is 4.74 Å². The highest BCUT2D eigenvalue weighted by Crippen LogP contribution is 2.31. The molecular formula is C18H23N3O2. The number of rotatable bonds is 5. The lowest BCUT2D eigenvalue weighted by Gasteiger charge is -2.24. The van der Waals surface area contributed by atoms with Gasteiger partial charge in [0.05, 0.1) is 18.3 Å². The Hall–Kier alpha value is -2.14. The normalized spacial score (nSPS) is 16.9. The van der Waals surface area contributed by atoms with Gasteiger partial charge in [0.1, 0.15) is 6.61 Å². The molecule has 0 aliphatic heterocycles. The fourth-order valence-corrected chi connectivity index (χ4v) is 3.31. The molecule has 1 aliphatic rings. The number of hydrogen-bond donors (Lipinski definition) is 1. The van der Waals surface area contributed by atoms with E-state index in [0.29, 0.717) is 6.61 Å². The quantitative estimate of drug-likeness (QED) is 0.922. The Balaban J connectivity index is 1.55. The van der Waals surface area contributed by atoms with Crippen molar-refractivity contribution in [2.45, 2.75) is 38.8 Å². The van der Waals surface area contributed by atoms with E-state index in [-0.39, 0.29) is 18.6 Å². The SMILES string of the molecule is Cc1nn(C)c2c1C(NC(=O)COCc1ccccc1)CCC2. The summed E-state index contributed by atoms with van der Waals surface area (Å²) in [4.78, 5) is 12.2. The second-order valence-electron chi connectivity index (χ2n) is 6.06. The Morgan fingerprint density at radius 1 is 1.39 bits per heavy atom. The van der Waals surface area contributed by atoms with Crippen LogP contribution < -0.4 is 5.32 Å². The molecule has 3 rings (SSSR count). The number of nitrogens with one attached hydrogen (secondary N) is 1. The third kappa shape index (κ3) is 3.62. The summed E-state index contributed by atoms with van der Waals surface area (Å²) in [6.45, 7) is 2.55. The number of nitrogens with zero attached hydrogens (tertiary/aromatic N) is 2. The van der Waals surface area contributed by atoms with Crippen molar-refractivity contribution in [3.05, 3.63) is 52.8 Å². The van der Waals surface area contributed by atoms with Crippen LogP contribution in [0.3, 0.4) is 0 Å². The second-order valence-corrected chi connectivity index (χ2v) is 6.06. The predicted octanol–water partition coefficient (Wildman–Crippen LogP) is 2.44. The number of carbonyl (C=O) groups excluding carboxylic acids is 1. The molecule has 1 aliphatic carbocycles. The number of ether oxygens (including phenoxy) is 1. The minimum Gasteiger partial charge on any atom is -0.367 e. The van der Waals surface area contributed by atoms with Gasteiger partial charge in [-0.3, -0.25) is 9.48 Å². The van der Waals surface area contributed by atoms with E-state index in [2.05, 4.69) is 10.4 Å². The maximum Gasteiger partial charge on any atom is 0.246 e. The van der Waals surface area contributed by atoms with Gasteiger partial charge < -0.3 is 10.1 Å². The van der Waals surface area contributed by atoms with E-state index in [1.165, 1.54) is 11.3 Å². The molecule has 122 valence electrons. The summed E-state index contributed by atoms with van der Waals surface area (Å²) < 4.78 is 7.45. The molecule has 0 bridgehead atoms. The Labute approximate surface area is 136 Å². The fraction of sp³-hybridized carbons (Fsp3) is 0.444. The minimum atomic E-state index is -0.0676. The minimum absolute atomic E-state index is 0.0558. The summed E-state index contributed by atoms with van der Waals surface area (Å²) in [5.41, 5.74) is 4.51. The zero-order chi connectivity index (χ0) is 16.2. The van der Waals surface area contributed by atoms with Crippen LogP contribution in [0.2, 0.25) is 0 Å². The Morgan fingerprint density at radius 2 is 2.17 bits per heavy atom. The zero-order valence-corrected chi connectivity index (χ0v) is 13.7. The van der Waals surface area contributed by atoms with Gasteiger partial charge >= 0.3 is 0 Å². The van der Waals surface area contributed by atoms with Crippen LogP contribution in [0.25, 0.3) is 0 Å². The molecule has 1 unspecified atom stereocenters. The van der Waals surface area contributed by atoms with Crippen LogP contribution in [-0.4, -0.2) is 22.3 Å². The monoisotopic (exact) mass is 313 g/mol.